The minimum absolute atomic E-state index is 0. The molecule has 3 aliphatic rings. The van der Waals surface area contributed by atoms with Gasteiger partial charge in [-0.25, -0.2) is 23.3 Å². The van der Waals surface area contributed by atoms with Crippen LogP contribution in [0.3, 0.4) is 0 Å². The van der Waals surface area contributed by atoms with Crippen molar-refractivity contribution in [2.75, 3.05) is 0 Å². The predicted molar refractivity (Wildman–Crippen MR) is 91.9 cm³/mol. The van der Waals surface area contributed by atoms with E-state index in [0.29, 0.717) is 0 Å². The maximum atomic E-state index is 3.12. The van der Waals surface area contributed by atoms with Crippen molar-refractivity contribution in [3.05, 3.63) is 61.4 Å². The fraction of sp³-hybridized carbons (Fsp3) is 0.474. The van der Waals surface area contributed by atoms with E-state index in [1.807, 2.05) is 0 Å². The average molecular weight is 376 g/mol. The van der Waals surface area contributed by atoms with Crippen LogP contribution in [-0.2, 0) is 23.3 Å². The van der Waals surface area contributed by atoms with Gasteiger partial charge in [0.2, 0.25) is 0 Å². The zero-order valence-corrected chi connectivity index (χ0v) is 17.3. The normalized spacial score (nSPS) is 17.6. The van der Waals surface area contributed by atoms with E-state index in [1.54, 1.807) is 0 Å². The third-order valence-corrected chi connectivity index (χ3v) is 3.05. The first kappa shape index (κ1) is 23.3. The molecule has 1 fully saturated rings. The molecule has 0 nitrogen and oxygen atoms in total. The molecule has 2 radical (unpaired) electrons. The second kappa shape index (κ2) is 18.1. The van der Waals surface area contributed by atoms with Gasteiger partial charge in [-0.05, 0) is 0 Å². The monoisotopic (exact) mass is 374 g/mol. The molecule has 1 saturated carbocycles. The van der Waals surface area contributed by atoms with Crippen LogP contribution in [0.1, 0.15) is 58.8 Å². The van der Waals surface area contributed by atoms with Crippen molar-refractivity contribution in [1.82, 2.24) is 0 Å². The molecule has 0 unspecified atom stereocenters. The molecule has 21 heavy (non-hydrogen) atoms. The Hall–Kier alpha value is 0.0600. The molecule has 0 amide bonds. The van der Waals surface area contributed by atoms with Gasteiger partial charge in [0.1, 0.15) is 0 Å². The third-order valence-electron chi connectivity index (χ3n) is 3.05. The fourth-order valence-electron chi connectivity index (χ4n) is 1.93. The molecule has 0 N–H and O–H groups in total. The molecular weight excluding hydrogens is 348 g/mol. The van der Waals surface area contributed by atoms with Gasteiger partial charge in [0.25, 0.3) is 0 Å². The van der Waals surface area contributed by atoms with Gasteiger partial charge in [0.05, 0.1) is 0 Å². The van der Waals surface area contributed by atoms with Crippen molar-refractivity contribution >= 4 is 6.88 Å². The molecule has 0 aromatic carbocycles. The van der Waals surface area contributed by atoms with Gasteiger partial charge in [-0.15, -0.1) is 12.8 Å². The van der Waals surface area contributed by atoms with Crippen molar-refractivity contribution in [2.45, 2.75) is 58.8 Å². The second-order valence-electron chi connectivity index (χ2n) is 4.86. The van der Waals surface area contributed by atoms with Gasteiger partial charge < -0.3 is 13.8 Å². The molecule has 3 aliphatic carbocycles. The Balaban J connectivity index is 0. The maximum absolute atomic E-state index is 3.12. The molecule has 0 bridgehead atoms. The Morgan fingerprint density at radius 1 is 0.905 bits per heavy atom. The Kier molecular flexibility index (Phi) is 20.1. The van der Waals surface area contributed by atoms with Crippen LogP contribution >= 0.6 is 0 Å². The summed E-state index contributed by atoms with van der Waals surface area (Å²) in [4.78, 5) is 0. The van der Waals surface area contributed by atoms with Gasteiger partial charge >= 0.3 is 30.2 Å². The minimum atomic E-state index is 0. The van der Waals surface area contributed by atoms with Gasteiger partial charge in [-0.3, -0.25) is 12.2 Å². The summed E-state index contributed by atoms with van der Waals surface area (Å²) >= 11 is 1.36. The summed E-state index contributed by atoms with van der Waals surface area (Å²) in [7, 11) is 0. The number of allylic oxidation sites excluding steroid dienone is 8. The summed E-state index contributed by atoms with van der Waals surface area (Å²) in [5.41, 5.74) is 2.55. The number of rotatable bonds is 0. The standard InChI is InChI=1S/2C6H7.C6H11.CH3.Si.Zr/c2*1-6-4-2-3-5-6;1-2-4-6-5-3-1;;;/h2*2,4H,3H2,1H3;1H,2-6H2;1H3;;/q4*-1;;. The van der Waals surface area contributed by atoms with Crippen molar-refractivity contribution in [1.29, 1.82) is 0 Å². The van der Waals surface area contributed by atoms with Crippen molar-refractivity contribution in [3.63, 3.8) is 0 Å². The van der Waals surface area contributed by atoms with Gasteiger partial charge in [-0.1, -0.05) is 33.1 Å². The van der Waals surface area contributed by atoms with E-state index >= 15 is 0 Å². The second-order valence-corrected chi connectivity index (χ2v) is 4.86. The van der Waals surface area contributed by atoms with E-state index in [-0.39, 0.29) is 7.43 Å². The van der Waals surface area contributed by atoms with E-state index in [0.717, 1.165) is 12.8 Å². The molecule has 0 atom stereocenters. The molecule has 3 rings (SSSR count). The van der Waals surface area contributed by atoms with Crippen LogP contribution in [0.5, 0.6) is 0 Å². The summed E-state index contributed by atoms with van der Waals surface area (Å²) in [5, 5.41) is 0. The van der Waals surface area contributed by atoms with E-state index in [9.17, 15) is 0 Å². The predicted octanol–water partition coefficient (Wildman–Crippen LogP) is 5.61. The summed E-state index contributed by atoms with van der Waals surface area (Å²) in [6, 6.07) is 0. The summed E-state index contributed by atoms with van der Waals surface area (Å²) in [5.74, 6) is 0. The van der Waals surface area contributed by atoms with E-state index in [2.05, 4.69) is 63.6 Å². The summed E-state index contributed by atoms with van der Waals surface area (Å²) in [6.45, 7) is 7.18. The Labute approximate surface area is 150 Å². The first-order valence-corrected chi connectivity index (χ1v) is 11.5. The van der Waals surface area contributed by atoms with Crippen LogP contribution in [0.2, 0.25) is 0 Å². The van der Waals surface area contributed by atoms with Crippen LogP contribution in [0.4, 0.5) is 0 Å². The molecular formula is C19H28SiZr-4. The topological polar surface area (TPSA) is 0 Å². The molecule has 0 aromatic rings. The first-order chi connectivity index (χ1) is 9.79. The zero-order valence-electron chi connectivity index (χ0n) is 13.8. The molecule has 116 valence electrons. The Bertz CT molecular complexity index is 302. The number of hydrogen-bond acceptors (Lipinski definition) is 0. The van der Waals surface area contributed by atoms with Gasteiger partial charge in [0.15, 0.2) is 0 Å². The van der Waals surface area contributed by atoms with E-state index in [4.69, 9.17) is 0 Å². The SMILES string of the molecule is CC1=[C-]CC=C1.CC1=[C-]CC=C1.[CH-]1CCCCC1.[CH3-].[Si]=[Zr]. The quantitative estimate of drug-likeness (QED) is 0.381. The Morgan fingerprint density at radius 2 is 1.33 bits per heavy atom. The van der Waals surface area contributed by atoms with E-state index < -0.39 is 0 Å². The number of hydrogen-bond donors (Lipinski definition) is 0. The summed E-state index contributed by atoms with van der Waals surface area (Å²) < 4.78 is 0. The third kappa shape index (κ3) is 16.3. The molecule has 0 heterocycles. The van der Waals surface area contributed by atoms with Gasteiger partial charge in [-0.2, -0.15) is 25.0 Å². The summed E-state index contributed by atoms with van der Waals surface area (Å²) in [6.07, 6.45) is 26.2. The van der Waals surface area contributed by atoms with Gasteiger partial charge in [0, 0.05) is 0 Å². The molecule has 0 saturated heterocycles. The van der Waals surface area contributed by atoms with Crippen LogP contribution in [0.25, 0.3) is 0 Å². The van der Waals surface area contributed by atoms with E-state index in [1.165, 1.54) is 66.6 Å². The molecule has 0 aliphatic heterocycles. The molecule has 0 aromatic heterocycles. The Morgan fingerprint density at radius 3 is 1.43 bits per heavy atom. The van der Waals surface area contributed by atoms with Crippen molar-refractivity contribution < 1.29 is 23.3 Å². The van der Waals surface area contributed by atoms with Crippen molar-refractivity contribution in [3.8, 4) is 0 Å². The van der Waals surface area contributed by atoms with Crippen LogP contribution < -0.4 is 0 Å². The van der Waals surface area contributed by atoms with Crippen LogP contribution in [-0.4, -0.2) is 6.88 Å². The molecule has 2 heteroatoms. The van der Waals surface area contributed by atoms with Crippen LogP contribution in [0, 0.1) is 26.0 Å². The van der Waals surface area contributed by atoms with Crippen molar-refractivity contribution in [2.24, 2.45) is 0 Å². The zero-order chi connectivity index (χ0) is 15.1. The average Bonchev–Trinajstić information content (AvgIpc) is 3.18. The first-order valence-electron chi connectivity index (χ1n) is 7.33. The van der Waals surface area contributed by atoms with Crippen LogP contribution in [0.15, 0.2) is 35.5 Å². The fourth-order valence-corrected chi connectivity index (χ4v) is 1.93. The molecule has 0 spiro atoms.